The summed E-state index contributed by atoms with van der Waals surface area (Å²) in [5.41, 5.74) is 1.17. The first kappa shape index (κ1) is 11.9. The van der Waals surface area contributed by atoms with Crippen LogP contribution in [-0.4, -0.2) is 29.9 Å². The molecule has 17 heavy (non-hydrogen) atoms. The van der Waals surface area contributed by atoms with Crippen molar-refractivity contribution in [1.29, 1.82) is 0 Å². The second-order valence-corrected chi connectivity index (χ2v) is 5.75. The first-order valence-electron chi connectivity index (χ1n) is 4.62. The summed E-state index contributed by atoms with van der Waals surface area (Å²) in [6, 6.07) is 6.86. The molecule has 2 aromatic rings. The lowest BCUT2D eigenvalue weighted by molar-refractivity contribution is 0.589. The summed E-state index contributed by atoms with van der Waals surface area (Å²) in [6.07, 6.45) is 2.44. The third-order valence-electron chi connectivity index (χ3n) is 2.01. The molecule has 1 heterocycles. The van der Waals surface area contributed by atoms with Crippen molar-refractivity contribution in [3.63, 3.8) is 0 Å². The molecular weight excluding hydrogens is 262 g/mol. The minimum Gasteiger partial charge on any atom is -0.221 e. The van der Waals surface area contributed by atoms with Crippen molar-refractivity contribution in [3.05, 3.63) is 35.5 Å². The van der Waals surface area contributed by atoms with E-state index in [1.165, 1.54) is 6.20 Å². The maximum absolute atomic E-state index is 11.3. The van der Waals surface area contributed by atoms with Crippen LogP contribution in [0.4, 0.5) is 0 Å². The number of nitrogens with zero attached hydrogens (tertiary/aromatic N) is 3. The average Bonchev–Trinajstić information content (AvgIpc) is 2.29. The molecule has 0 aliphatic rings. The molecule has 0 aliphatic carbocycles. The molecule has 7 heteroatoms. The van der Waals surface area contributed by atoms with Crippen molar-refractivity contribution in [2.75, 3.05) is 6.26 Å². The van der Waals surface area contributed by atoms with Crippen molar-refractivity contribution < 1.29 is 8.42 Å². The molecule has 0 atom stereocenters. The van der Waals surface area contributed by atoms with Gasteiger partial charge >= 0.3 is 0 Å². The van der Waals surface area contributed by atoms with Gasteiger partial charge in [-0.15, -0.1) is 5.10 Å². The van der Waals surface area contributed by atoms with Crippen LogP contribution in [0.25, 0.3) is 11.3 Å². The van der Waals surface area contributed by atoms with Crippen LogP contribution in [0.1, 0.15) is 0 Å². The van der Waals surface area contributed by atoms with Gasteiger partial charge in [-0.25, -0.2) is 13.4 Å². The fourth-order valence-electron chi connectivity index (χ4n) is 1.20. The van der Waals surface area contributed by atoms with Crippen LogP contribution >= 0.6 is 11.6 Å². The van der Waals surface area contributed by atoms with Gasteiger partial charge < -0.3 is 0 Å². The Labute approximate surface area is 103 Å². The third-order valence-corrected chi connectivity index (χ3v) is 3.10. The first-order valence-corrected chi connectivity index (χ1v) is 6.89. The minimum absolute atomic E-state index is 0.287. The standard InChI is InChI=1S/C10H8ClN3O2S/c1-17(15,16)10-13-9(6-12-14-10)7-2-4-8(11)5-3-7/h2-6H,1H3. The van der Waals surface area contributed by atoms with Gasteiger partial charge in [-0.2, -0.15) is 5.10 Å². The Hall–Kier alpha value is -1.53. The van der Waals surface area contributed by atoms with E-state index < -0.39 is 9.84 Å². The Morgan fingerprint density at radius 1 is 1.18 bits per heavy atom. The highest BCUT2D eigenvalue weighted by molar-refractivity contribution is 7.90. The maximum Gasteiger partial charge on any atom is 0.267 e. The van der Waals surface area contributed by atoms with Crippen molar-refractivity contribution >= 4 is 21.4 Å². The average molecular weight is 270 g/mol. The fraction of sp³-hybridized carbons (Fsp3) is 0.100. The summed E-state index contributed by atoms with van der Waals surface area (Å²) >= 11 is 5.76. The number of hydrogen-bond donors (Lipinski definition) is 0. The molecular formula is C10H8ClN3O2S. The van der Waals surface area contributed by atoms with Crippen LogP contribution < -0.4 is 0 Å². The fourth-order valence-corrected chi connectivity index (χ4v) is 1.79. The molecule has 0 amide bonds. The lowest BCUT2D eigenvalue weighted by atomic mass is 10.2. The monoisotopic (exact) mass is 269 g/mol. The largest absolute Gasteiger partial charge is 0.267 e. The van der Waals surface area contributed by atoms with Crippen LogP contribution in [0.2, 0.25) is 5.02 Å². The number of rotatable bonds is 2. The van der Waals surface area contributed by atoms with Crippen LogP contribution in [0.5, 0.6) is 0 Å². The number of aromatic nitrogens is 3. The van der Waals surface area contributed by atoms with Crippen molar-refractivity contribution in [2.45, 2.75) is 5.16 Å². The molecule has 0 radical (unpaired) electrons. The quantitative estimate of drug-likeness (QED) is 0.828. The lowest BCUT2D eigenvalue weighted by Gasteiger charge is -2.01. The second kappa shape index (κ2) is 4.38. The maximum atomic E-state index is 11.3. The molecule has 2 rings (SSSR count). The Bertz CT molecular complexity index is 641. The number of halogens is 1. The zero-order chi connectivity index (χ0) is 12.5. The summed E-state index contributed by atoms with van der Waals surface area (Å²) < 4.78 is 22.6. The molecule has 0 saturated carbocycles. The smallest absolute Gasteiger partial charge is 0.221 e. The van der Waals surface area contributed by atoms with Gasteiger partial charge in [0.25, 0.3) is 5.16 Å². The molecule has 0 aliphatic heterocycles. The predicted octanol–water partition coefficient (Wildman–Crippen LogP) is 1.60. The highest BCUT2D eigenvalue weighted by Gasteiger charge is 2.12. The van der Waals surface area contributed by atoms with Crippen molar-refractivity contribution in [2.24, 2.45) is 0 Å². The Morgan fingerprint density at radius 2 is 1.82 bits per heavy atom. The molecule has 88 valence electrons. The van der Waals surface area contributed by atoms with Gasteiger partial charge in [0.05, 0.1) is 11.9 Å². The number of benzene rings is 1. The lowest BCUT2D eigenvalue weighted by Crippen LogP contribution is -2.06. The van der Waals surface area contributed by atoms with Gasteiger partial charge in [-0.3, -0.25) is 0 Å². The van der Waals surface area contributed by atoms with E-state index in [0.29, 0.717) is 10.7 Å². The van der Waals surface area contributed by atoms with E-state index in [4.69, 9.17) is 11.6 Å². The minimum atomic E-state index is -3.45. The zero-order valence-electron chi connectivity index (χ0n) is 8.83. The summed E-state index contributed by atoms with van der Waals surface area (Å²) in [6.45, 7) is 0. The van der Waals surface area contributed by atoms with Gasteiger partial charge in [0, 0.05) is 16.8 Å². The van der Waals surface area contributed by atoms with E-state index in [2.05, 4.69) is 15.2 Å². The third kappa shape index (κ3) is 2.78. The molecule has 5 nitrogen and oxygen atoms in total. The number of sulfone groups is 1. The van der Waals surface area contributed by atoms with E-state index in [1.807, 2.05) is 0 Å². The van der Waals surface area contributed by atoms with Gasteiger partial charge in [-0.05, 0) is 12.1 Å². The van der Waals surface area contributed by atoms with Crippen molar-refractivity contribution in [1.82, 2.24) is 15.2 Å². The molecule has 0 spiro atoms. The highest BCUT2D eigenvalue weighted by atomic mass is 35.5. The van der Waals surface area contributed by atoms with Gasteiger partial charge in [-0.1, -0.05) is 23.7 Å². The zero-order valence-corrected chi connectivity index (χ0v) is 10.4. The Kier molecular flexibility index (Phi) is 3.08. The predicted molar refractivity (Wildman–Crippen MR) is 63.4 cm³/mol. The second-order valence-electron chi connectivity index (χ2n) is 3.40. The highest BCUT2D eigenvalue weighted by Crippen LogP contribution is 2.19. The van der Waals surface area contributed by atoms with E-state index in [-0.39, 0.29) is 5.16 Å². The van der Waals surface area contributed by atoms with Crippen molar-refractivity contribution in [3.8, 4) is 11.3 Å². The van der Waals surface area contributed by atoms with E-state index in [9.17, 15) is 8.42 Å². The molecule has 0 bridgehead atoms. The number of hydrogen-bond acceptors (Lipinski definition) is 5. The molecule has 0 saturated heterocycles. The normalized spacial score (nSPS) is 11.4. The van der Waals surface area contributed by atoms with E-state index in [0.717, 1.165) is 11.8 Å². The molecule has 0 N–H and O–H groups in total. The van der Waals surface area contributed by atoms with Crippen LogP contribution in [0.3, 0.4) is 0 Å². The van der Waals surface area contributed by atoms with Gasteiger partial charge in [0.2, 0.25) is 9.84 Å². The molecule has 0 fully saturated rings. The first-order chi connectivity index (χ1) is 7.97. The van der Waals surface area contributed by atoms with Gasteiger partial charge in [0.15, 0.2) is 0 Å². The van der Waals surface area contributed by atoms with Gasteiger partial charge in [0.1, 0.15) is 0 Å². The van der Waals surface area contributed by atoms with Crippen LogP contribution in [0.15, 0.2) is 35.6 Å². The summed E-state index contributed by atoms with van der Waals surface area (Å²) in [4.78, 5) is 3.94. The summed E-state index contributed by atoms with van der Waals surface area (Å²) in [5, 5.41) is 7.41. The SMILES string of the molecule is CS(=O)(=O)c1nncc(-c2ccc(Cl)cc2)n1. The summed E-state index contributed by atoms with van der Waals surface area (Å²) in [5.74, 6) is 0. The summed E-state index contributed by atoms with van der Waals surface area (Å²) in [7, 11) is -3.45. The molecule has 0 unspecified atom stereocenters. The molecule has 1 aromatic heterocycles. The van der Waals surface area contributed by atoms with E-state index in [1.54, 1.807) is 24.3 Å². The van der Waals surface area contributed by atoms with Crippen LogP contribution in [-0.2, 0) is 9.84 Å². The topological polar surface area (TPSA) is 72.8 Å². The Balaban J connectivity index is 2.50. The Morgan fingerprint density at radius 3 is 2.41 bits per heavy atom. The van der Waals surface area contributed by atoms with E-state index >= 15 is 0 Å². The van der Waals surface area contributed by atoms with Crippen LogP contribution in [0, 0.1) is 0 Å². The molecule has 1 aromatic carbocycles.